The predicted molar refractivity (Wildman–Crippen MR) is 115 cm³/mol. The van der Waals surface area contributed by atoms with Crippen molar-refractivity contribution in [3.8, 4) is 0 Å². The Morgan fingerprint density at radius 2 is 1.79 bits per heavy atom. The summed E-state index contributed by atoms with van der Waals surface area (Å²) in [6, 6.07) is 1.25. The fourth-order valence-electron chi connectivity index (χ4n) is 4.65. The minimum Gasteiger partial charge on any atom is -0.343 e. The Bertz CT molecular complexity index is 492. The standard InChI is InChI=1S/C22H43N5O/c1-5-6-7-8-21(28)25-12-9-19(10-13-25)26-15-18(16-26)20-17-27(24-23-20)14-11-22(2,3)4/h18-20,23-24H,5-17H2,1-4H3. The van der Waals surface area contributed by atoms with Crippen molar-refractivity contribution in [3.05, 3.63) is 0 Å². The van der Waals surface area contributed by atoms with Crippen LogP contribution in [0.4, 0.5) is 0 Å². The molecule has 3 fully saturated rings. The molecule has 3 saturated heterocycles. The molecule has 0 spiro atoms. The highest BCUT2D eigenvalue weighted by Gasteiger charge is 2.40. The molecular weight excluding hydrogens is 350 g/mol. The maximum atomic E-state index is 12.3. The Morgan fingerprint density at radius 3 is 2.43 bits per heavy atom. The number of hydrazine groups is 2. The third kappa shape index (κ3) is 6.15. The quantitative estimate of drug-likeness (QED) is 0.621. The van der Waals surface area contributed by atoms with E-state index in [-0.39, 0.29) is 0 Å². The number of carbonyl (C=O) groups is 1. The van der Waals surface area contributed by atoms with Gasteiger partial charge in [-0.3, -0.25) is 9.69 Å². The fourth-order valence-corrected chi connectivity index (χ4v) is 4.65. The smallest absolute Gasteiger partial charge is 0.222 e. The van der Waals surface area contributed by atoms with Crippen LogP contribution in [0, 0.1) is 11.3 Å². The van der Waals surface area contributed by atoms with Gasteiger partial charge in [0, 0.05) is 63.7 Å². The lowest BCUT2D eigenvalue weighted by Gasteiger charge is -2.48. The highest BCUT2D eigenvalue weighted by atomic mass is 16.2. The van der Waals surface area contributed by atoms with Crippen molar-refractivity contribution in [2.45, 2.75) is 84.7 Å². The van der Waals surface area contributed by atoms with E-state index in [2.05, 4.69) is 53.5 Å². The van der Waals surface area contributed by atoms with Gasteiger partial charge < -0.3 is 4.90 Å². The first kappa shape index (κ1) is 22.0. The molecular formula is C22H43N5O. The lowest BCUT2D eigenvalue weighted by atomic mass is 9.88. The molecule has 0 bridgehead atoms. The van der Waals surface area contributed by atoms with Crippen LogP contribution in [0.1, 0.15) is 72.6 Å². The first-order valence-electron chi connectivity index (χ1n) is 11.6. The number of nitrogens with zero attached hydrogens (tertiary/aromatic N) is 3. The van der Waals surface area contributed by atoms with Crippen molar-refractivity contribution in [2.75, 3.05) is 39.3 Å². The van der Waals surface area contributed by atoms with Gasteiger partial charge in [-0.2, -0.15) is 5.53 Å². The lowest BCUT2D eigenvalue weighted by molar-refractivity contribution is -0.133. The number of amides is 1. The minimum absolute atomic E-state index is 0.380. The highest BCUT2D eigenvalue weighted by Crippen LogP contribution is 2.28. The second-order valence-corrected chi connectivity index (χ2v) is 10.4. The first-order valence-corrected chi connectivity index (χ1v) is 11.6. The Morgan fingerprint density at radius 1 is 1.07 bits per heavy atom. The van der Waals surface area contributed by atoms with E-state index in [9.17, 15) is 4.79 Å². The molecule has 0 aromatic rings. The zero-order valence-corrected chi connectivity index (χ0v) is 18.7. The van der Waals surface area contributed by atoms with Crippen molar-refractivity contribution in [3.63, 3.8) is 0 Å². The number of likely N-dealkylation sites (tertiary alicyclic amines) is 2. The van der Waals surface area contributed by atoms with E-state index in [1.54, 1.807) is 0 Å². The number of hydrogen-bond acceptors (Lipinski definition) is 5. The predicted octanol–water partition coefficient (Wildman–Crippen LogP) is 2.62. The molecule has 0 aromatic heterocycles. The van der Waals surface area contributed by atoms with Crippen LogP contribution in [0.2, 0.25) is 0 Å². The van der Waals surface area contributed by atoms with Gasteiger partial charge in [0.1, 0.15) is 0 Å². The number of nitrogens with one attached hydrogen (secondary N) is 2. The Hall–Kier alpha value is -0.690. The van der Waals surface area contributed by atoms with Gasteiger partial charge in [-0.05, 0) is 31.1 Å². The summed E-state index contributed by atoms with van der Waals surface area (Å²) >= 11 is 0. The molecule has 0 aliphatic carbocycles. The SMILES string of the molecule is CCCCCC(=O)N1CCC(N2CC(C3CN(CCC(C)(C)C)NN3)C2)CC1. The van der Waals surface area contributed by atoms with Crippen LogP contribution in [0.25, 0.3) is 0 Å². The number of hydrogen-bond donors (Lipinski definition) is 2. The summed E-state index contributed by atoms with van der Waals surface area (Å²) in [6.45, 7) is 15.7. The minimum atomic E-state index is 0.380. The second kappa shape index (κ2) is 9.88. The molecule has 6 nitrogen and oxygen atoms in total. The number of unbranched alkanes of at least 4 members (excludes halogenated alkanes) is 2. The molecule has 28 heavy (non-hydrogen) atoms. The van der Waals surface area contributed by atoms with Crippen LogP contribution >= 0.6 is 0 Å². The topological polar surface area (TPSA) is 50.9 Å². The van der Waals surface area contributed by atoms with Crippen LogP contribution in [0.15, 0.2) is 0 Å². The lowest BCUT2D eigenvalue weighted by Crippen LogP contribution is -2.60. The Labute approximate surface area is 172 Å². The zero-order chi connectivity index (χ0) is 20.1. The normalized spacial score (nSPS) is 26.0. The van der Waals surface area contributed by atoms with Crippen molar-refractivity contribution < 1.29 is 4.79 Å². The summed E-state index contributed by atoms with van der Waals surface area (Å²) in [7, 11) is 0. The molecule has 0 aromatic carbocycles. The number of carbonyl (C=O) groups excluding carboxylic acids is 1. The Balaban J connectivity index is 1.31. The molecule has 3 aliphatic heterocycles. The number of rotatable bonds is 8. The van der Waals surface area contributed by atoms with Gasteiger partial charge in [0.2, 0.25) is 5.91 Å². The molecule has 2 N–H and O–H groups in total. The van der Waals surface area contributed by atoms with Gasteiger partial charge in [0.25, 0.3) is 0 Å². The van der Waals surface area contributed by atoms with Gasteiger partial charge >= 0.3 is 0 Å². The van der Waals surface area contributed by atoms with Crippen molar-refractivity contribution in [1.29, 1.82) is 0 Å². The monoisotopic (exact) mass is 393 g/mol. The first-order chi connectivity index (χ1) is 13.4. The van der Waals surface area contributed by atoms with E-state index in [0.717, 1.165) is 57.8 Å². The fraction of sp³-hybridized carbons (Fsp3) is 0.955. The molecule has 0 radical (unpaired) electrons. The van der Waals surface area contributed by atoms with Gasteiger partial charge in [-0.25, -0.2) is 10.4 Å². The zero-order valence-electron chi connectivity index (χ0n) is 18.7. The molecule has 3 aliphatic rings. The number of piperidine rings is 1. The summed E-state index contributed by atoms with van der Waals surface area (Å²) in [5, 5.41) is 2.35. The maximum absolute atomic E-state index is 12.3. The van der Waals surface area contributed by atoms with Crippen LogP contribution in [0.5, 0.6) is 0 Å². The van der Waals surface area contributed by atoms with Crippen molar-refractivity contribution in [1.82, 2.24) is 25.8 Å². The summed E-state index contributed by atoms with van der Waals surface area (Å²) in [6.07, 6.45) is 7.68. The largest absolute Gasteiger partial charge is 0.343 e. The molecule has 1 atom stereocenters. The maximum Gasteiger partial charge on any atom is 0.222 e. The van der Waals surface area contributed by atoms with Crippen LogP contribution < -0.4 is 11.0 Å². The summed E-state index contributed by atoms with van der Waals surface area (Å²) < 4.78 is 0. The van der Waals surface area contributed by atoms with Gasteiger partial charge in [-0.15, -0.1) is 0 Å². The third-order valence-electron chi connectivity index (χ3n) is 6.79. The second-order valence-electron chi connectivity index (χ2n) is 10.4. The summed E-state index contributed by atoms with van der Waals surface area (Å²) in [4.78, 5) is 17.1. The van der Waals surface area contributed by atoms with Crippen LogP contribution in [-0.4, -0.2) is 72.1 Å². The molecule has 3 heterocycles. The molecule has 1 amide bonds. The van der Waals surface area contributed by atoms with E-state index < -0.39 is 0 Å². The summed E-state index contributed by atoms with van der Waals surface area (Å²) in [5.41, 5.74) is 7.28. The van der Waals surface area contributed by atoms with E-state index in [4.69, 9.17) is 0 Å². The molecule has 3 rings (SSSR count). The Kier molecular flexibility index (Phi) is 7.76. The van der Waals surface area contributed by atoms with Gasteiger partial charge in [0.05, 0.1) is 0 Å². The van der Waals surface area contributed by atoms with Crippen molar-refractivity contribution >= 4 is 5.91 Å². The van der Waals surface area contributed by atoms with Crippen LogP contribution in [-0.2, 0) is 4.79 Å². The van der Waals surface area contributed by atoms with E-state index in [1.165, 1.54) is 32.4 Å². The molecule has 6 heteroatoms. The third-order valence-corrected chi connectivity index (χ3v) is 6.79. The molecule has 162 valence electrons. The highest BCUT2D eigenvalue weighted by molar-refractivity contribution is 5.76. The van der Waals surface area contributed by atoms with Crippen molar-refractivity contribution in [2.24, 2.45) is 11.3 Å². The van der Waals surface area contributed by atoms with Gasteiger partial charge in [-0.1, -0.05) is 40.5 Å². The average molecular weight is 394 g/mol. The van der Waals surface area contributed by atoms with E-state index in [0.29, 0.717) is 23.4 Å². The van der Waals surface area contributed by atoms with Crippen LogP contribution in [0.3, 0.4) is 0 Å². The molecule has 1 unspecified atom stereocenters. The summed E-state index contributed by atoms with van der Waals surface area (Å²) in [5.74, 6) is 1.13. The molecule has 0 saturated carbocycles. The van der Waals surface area contributed by atoms with E-state index in [1.807, 2.05) is 0 Å². The average Bonchev–Trinajstić information content (AvgIpc) is 3.07. The van der Waals surface area contributed by atoms with Gasteiger partial charge in [0.15, 0.2) is 0 Å². The van der Waals surface area contributed by atoms with E-state index >= 15 is 0 Å².